The highest BCUT2D eigenvalue weighted by Gasteiger charge is 2.48. The molecule has 9 heteroatoms. The van der Waals surface area contributed by atoms with E-state index in [1.54, 1.807) is 24.3 Å². The maximum atomic E-state index is 11.8. The second-order valence-corrected chi connectivity index (χ2v) is 15.7. The van der Waals surface area contributed by atoms with Crippen molar-refractivity contribution in [3.05, 3.63) is 272 Å². The molecule has 1 N–H and O–H groups in total. The molecule has 5 nitrogen and oxygen atoms in total. The highest BCUT2D eigenvalue weighted by molar-refractivity contribution is 7.88. The number of hydrogen-bond acceptors (Lipinski definition) is 5. The van der Waals surface area contributed by atoms with Gasteiger partial charge in [-0.3, -0.25) is 0 Å². The van der Waals surface area contributed by atoms with Gasteiger partial charge in [-0.05, 0) is 88.8 Å². The largest absolute Gasteiger partial charge is 0.534 e. The maximum absolute atomic E-state index is 11.8. The average molecular weight is 886 g/mol. The molecule has 65 heavy (non-hydrogen) atoms. The van der Waals surface area contributed by atoms with Crippen molar-refractivity contribution >= 4 is 27.2 Å². The first-order valence-corrected chi connectivity index (χ1v) is 22.0. The predicted molar refractivity (Wildman–Crippen MR) is 258 cm³/mol. The molecule has 0 bridgehead atoms. The van der Waals surface area contributed by atoms with E-state index in [2.05, 4.69) is 209 Å². The minimum atomic E-state index is -5.55. The van der Waals surface area contributed by atoms with Gasteiger partial charge in [0.15, 0.2) is 0 Å². The van der Waals surface area contributed by atoms with Gasteiger partial charge in [-0.1, -0.05) is 206 Å². The van der Waals surface area contributed by atoms with Crippen LogP contribution in [0.1, 0.15) is 11.1 Å². The molecule has 0 unspecified atom stereocenters. The van der Waals surface area contributed by atoms with Crippen LogP contribution in [0.15, 0.2) is 261 Å². The van der Waals surface area contributed by atoms with Crippen molar-refractivity contribution in [1.82, 2.24) is 0 Å². The molecule has 0 heterocycles. The van der Waals surface area contributed by atoms with Crippen molar-refractivity contribution < 1.29 is 30.9 Å². The Labute approximate surface area is 379 Å². The first-order chi connectivity index (χ1) is 31.6. The lowest BCUT2D eigenvalue weighted by molar-refractivity contribution is -0.0500. The third-order valence-electron chi connectivity index (χ3n) is 9.59. The van der Waals surface area contributed by atoms with Crippen LogP contribution in [0.3, 0.4) is 0 Å². The summed E-state index contributed by atoms with van der Waals surface area (Å²) in [5.74, 6) is -0.0488. The van der Waals surface area contributed by atoms with E-state index in [0.29, 0.717) is 5.75 Å². The number of halogens is 3. The third kappa shape index (κ3) is 14.1. The summed E-state index contributed by atoms with van der Waals surface area (Å²) in [5, 5.41) is 8.63. The molecule has 0 spiro atoms. The number of phenols is 1. The van der Waals surface area contributed by atoms with Crippen molar-refractivity contribution in [2.75, 3.05) is 4.90 Å². The summed E-state index contributed by atoms with van der Waals surface area (Å²) in [6, 6.07) is 85.2. The van der Waals surface area contributed by atoms with E-state index >= 15 is 0 Å². The Morgan fingerprint density at radius 1 is 0.431 bits per heavy atom. The maximum Gasteiger partial charge on any atom is 0.534 e. The summed E-state index contributed by atoms with van der Waals surface area (Å²) in [6.45, 7) is 0. The van der Waals surface area contributed by atoms with Gasteiger partial charge < -0.3 is 14.2 Å². The van der Waals surface area contributed by atoms with Crippen LogP contribution < -0.4 is 9.08 Å². The summed E-state index contributed by atoms with van der Waals surface area (Å²) < 4.78 is 60.2. The van der Waals surface area contributed by atoms with Crippen LogP contribution in [-0.4, -0.2) is 19.0 Å². The molecule has 0 aliphatic rings. The lowest BCUT2D eigenvalue weighted by Gasteiger charge is -2.27. The standard InChI is InChI=1S/C24H19N.C19H16.C7H5F3O3S.C6H6O/c1-4-12-20(13-5-1)23-18-10-11-19-24(23)25(21-14-6-2-7-15-21)22-16-8-3-9-17-22;1-3-9-16(10-4-1)15-18-13-7-8-14-19(18)17-11-5-2-6-12-17;8-7(9,10)14(11,12)13-6-4-2-1-3-5-6;7-6-4-2-1-3-5-6/h1-19H;1-14H,15H2;1-5H;1-5,7H. The van der Waals surface area contributed by atoms with Crippen LogP contribution in [-0.2, 0) is 16.5 Å². The number of para-hydroxylation sites is 5. The van der Waals surface area contributed by atoms with Crippen LogP contribution in [0, 0.1) is 0 Å². The first kappa shape index (κ1) is 46.6. The van der Waals surface area contributed by atoms with Gasteiger partial charge in [-0.2, -0.15) is 21.6 Å². The molecular weight excluding hydrogens is 840 g/mol. The molecule has 0 saturated carbocycles. The zero-order valence-corrected chi connectivity index (χ0v) is 36.0. The lowest BCUT2D eigenvalue weighted by atomic mass is 9.95. The van der Waals surface area contributed by atoms with Gasteiger partial charge in [-0.25, -0.2) is 0 Å². The van der Waals surface area contributed by atoms with E-state index in [-0.39, 0.29) is 5.75 Å². The number of hydrogen-bond donors (Lipinski definition) is 1. The Hall–Kier alpha value is -7.88. The zero-order chi connectivity index (χ0) is 45.7. The second kappa shape index (κ2) is 23.5. The van der Waals surface area contributed by atoms with Crippen molar-refractivity contribution in [3.8, 4) is 33.8 Å². The van der Waals surface area contributed by atoms with Gasteiger partial charge in [0.05, 0.1) is 5.69 Å². The third-order valence-corrected chi connectivity index (χ3v) is 10.6. The van der Waals surface area contributed by atoms with Gasteiger partial charge >= 0.3 is 15.6 Å². The minimum absolute atomic E-state index is 0.322. The quantitative estimate of drug-likeness (QED) is 0.116. The van der Waals surface area contributed by atoms with Crippen LogP contribution in [0.4, 0.5) is 30.2 Å². The molecule has 0 aliphatic carbocycles. The fraction of sp³-hybridized carbons (Fsp3) is 0.0357. The normalized spacial score (nSPS) is 10.6. The Morgan fingerprint density at radius 3 is 1.26 bits per heavy atom. The zero-order valence-electron chi connectivity index (χ0n) is 35.2. The van der Waals surface area contributed by atoms with Crippen LogP contribution in [0.5, 0.6) is 11.5 Å². The molecule has 9 aromatic carbocycles. The fourth-order valence-corrected chi connectivity index (χ4v) is 7.04. The number of rotatable bonds is 9. The molecule has 0 radical (unpaired) electrons. The first-order valence-electron chi connectivity index (χ1n) is 20.6. The monoisotopic (exact) mass is 885 g/mol. The number of phenolic OH excluding ortho intramolecular Hbond substituents is 1. The summed E-state index contributed by atoms with van der Waals surface area (Å²) in [4.78, 5) is 2.31. The van der Waals surface area contributed by atoms with Gasteiger partial charge in [0, 0.05) is 16.9 Å². The molecule has 0 aromatic heterocycles. The Kier molecular flexibility index (Phi) is 16.9. The molecule has 9 rings (SSSR count). The second-order valence-electron chi connectivity index (χ2n) is 14.2. The Bertz CT molecular complexity index is 2820. The summed E-state index contributed by atoms with van der Waals surface area (Å²) in [6.07, 6.45) is 0.978. The highest BCUT2D eigenvalue weighted by atomic mass is 32.2. The van der Waals surface area contributed by atoms with Crippen LogP contribution in [0.2, 0.25) is 0 Å². The van der Waals surface area contributed by atoms with E-state index in [0.717, 1.165) is 29.9 Å². The summed E-state index contributed by atoms with van der Waals surface area (Å²) in [7, 11) is -5.55. The molecule has 9 aromatic rings. The number of alkyl halides is 3. The fourth-order valence-electron chi connectivity index (χ4n) is 6.58. The SMILES string of the molecule is O=S(=O)(Oc1ccccc1)C(F)(F)F.Oc1ccccc1.c1ccc(-c2ccccc2N(c2ccccc2)c2ccccc2)cc1.c1ccc(Cc2ccccc2-c2ccccc2)cc1. The summed E-state index contributed by atoms with van der Waals surface area (Å²) in [5.41, 5.74) is 5.85. The number of benzene rings is 9. The minimum Gasteiger partial charge on any atom is -0.508 e. The predicted octanol–water partition coefficient (Wildman–Crippen LogP) is 15.1. The van der Waals surface area contributed by atoms with E-state index in [1.807, 2.05) is 6.07 Å². The molecular formula is C56H46F3NO4S. The smallest absolute Gasteiger partial charge is 0.508 e. The van der Waals surface area contributed by atoms with E-state index in [9.17, 15) is 21.6 Å². The summed E-state index contributed by atoms with van der Waals surface area (Å²) >= 11 is 0. The van der Waals surface area contributed by atoms with E-state index in [1.165, 1.54) is 57.3 Å². The molecule has 326 valence electrons. The van der Waals surface area contributed by atoms with Crippen LogP contribution >= 0.6 is 0 Å². The number of nitrogens with zero attached hydrogens (tertiary/aromatic N) is 1. The van der Waals surface area contributed by atoms with Gasteiger partial charge in [0.25, 0.3) is 0 Å². The van der Waals surface area contributed by atoms with Crippen molar-refractivity contribution in [3.63, 3.8) is 0 Å². The Morgan fingerprint density at radius 2 is 0.800 bits per heavy atom. The van der Waals surface area contributed by atoms with E-state index in [4.69, 9.17) is 5.11 Å². The Balaban J connectivity index is 0.000000155. The van der Waals surface area contributed by atoms with Crippen molar-refractivity contribution in [1.29, 1.82) is 0 Å². The van der Waals surface area contributed by atoms with Gasteiger partial charge in [0.1, 0.15) is 11.5 Å². The molecule has 0 fully saturated rings. The van der Waals surface area contributed by atoms with Crippen LogP contribution in [0.25, 0.3) is 22.3 Å². The molecule has 0 atom stereocenters. The lowest BCUT2D eigenvalue weighted by Crippen LogP contribution is -2.27. The average Bonchev–Trinajstić information content (AvgIpc) is 3.34. The number of anilines is 3. The molecule has 0 saturated heterocycles. The molecule has 0 amide bonds. The van der Waals surface area contributed by atoms with Gasteiger partial charge in [-0.15, -0.1) is 0 Å². The molecule has 0 aliphatic heterocycles. The van der Waals surface area contributed by atoms with E-state index < -0.39 is 15.6 Å². The number of aromatic hydroxyl groups is 1. The van der Waals surface area contributed by atoms with Crippen molar-refractivity contribution in [2.45, 2.75) is 11.9 Å². The highest BCUT2D eigenvalue weighted by Crippen LogP contribution is 2.40. The van der Waals surface area contributed by atoms with Gasteiger partial charge in [0.2, 0.25) is 0 Å². The van der Waals surface area contributed by atoms with Crippen molar-refractivity contribution in [2.24, 2.45) is 0 Å². The topological polar surface area (TPSA) is 66.8 Å².